The lowest BCUT2D eigenvalue weighted by Crippen LogP contribution is -2.19. The lowest BCUT2D eigenvalue weighted by molar-refractivity contribution is -0.384. The highest BCUT2D eigenvalue weighted by Gasteiger charge is 2.19. The van der Waals surface area contributed by atoms with Gasteiger partial charge < -0.3 is 9.67 Å². The molecule has 7 nitrogen and oxygen atoms in total. The summed E-state index contributed by atoms with van der Waals surface area (Å²) in [6, 6.07) is 3.79. The summed E-state index contributed by atoms with van der Waals surface area (Å²) in [6.45, 7) is 1.19. The van der Waals surface area contributed by atoms with E-state index in [4.69, 9.17) is 0 Å². The van der Waals surface area contributed by atoms with Gasteiger partial charge in [0.05, 0.1) is 16.0 Å². The largest absolute Gasteiger partial charge is 0.502 e. The van der Waals surface area contributed by atoms with Gasteiger partial charge in [-0.3, -0.25) is 19.7 Å². The van der Waals surface area contributed by atoms with Crippen LogP contribution in [-0.2, 0) is 7.05 Å². The van der Waals surface area contributed by atoms with E-state index in [1.165, 1.54) is 32.2 Å². The highest BCUT2D eigenvalue weighted by Crippen LogP contribution is 2.27. The van der Waals surface area contributed by atoms with Crippen molar-refractivity contribution in [2.24, 2.45) is 7.05 Å². The van der Waals surface area contributed by atoms with Crippen LogP contribution in [0.15, 0.2) is 23.0 Å². The van der Waals surface area contributed by atoms with Crippen LogP contribution in [0.5, 0.6) is 5.75 Å². The normalized spacial score (nSPS) is 10.6. The van der Waals surface area contributed by atoms with Gasteiger partial charge in [0.15, 0.2) is 11.5 Å². The van der Waals surface area contributed by atoms with Gasteiger partial charge in [-0.1, -0.05) is 0 Å². The average molecular weight is 262 g/mol. The predicted molar refractivity (Wildman–Crippen MR) is 67.5 cm³/mol. The fourth-order valence-corrected chi connectivity index (χ4v) is 1.99. The maximum absolute atomic E-state index is 11.8. The molecule has 98 valence electrons. The molecule has 0 aliphatic carbocycles. The molecule has 1 aromatic heterocycles. The molecule has 2 aromatic rings. The zero-order chi connectivity index (χ0) is 14.3. The summed E-state index contributed by atoms with van der Waals surface area (Å²) in [5.74, 6) is -1.22. The third kappa shape index (κ3) is 1.85. The predicted octanol–water partition coefficient (Wildman–Crippen LogP) is 1.35. The Kier molecular flexibility index (Phi) is 2.82. The molecule has 0 fully saturated rings. The van der Waals surface area contributed by atoms with Gasteiger partial charge in [0, 0.05) is 24.6 Å². The minimum atomic E-state index is -0.716. The number of nitrogens with zero attached hydrogens (tertiary/aromatic N) is 2. The number of carbonyl (C=O) groups is 1. The van der Waals surface area contributed by atoms with Gasteiger partial charge >= 0.3 is 0 Å². The van der Waals surface area contributed by atoms with Crippen molar-refractivity contribution in [3.63, 3.8) is 0 Å². The Morgan fingerprint density at radius 2 is 2.05 bits per heavy atom. The van der Waals surface area contributed by atoms with Crippen molar-refractivity contribution < 1.29 is 14.8 Å². The molecule has 2 rings (SSSR count). The van der Waals surface area contributed by atoms with E-state index >= 15 is 0 Å². The molecular weight excluding hydrogens is 252 g/mol. The molecule has 1 aromatic carbocycles. The number of nitro groups is 1. The highest BCUT2D eigenvalue weighted by atomic mass is 16.6. The molecule has 7 heteroatoms. The van der Waals surface area contributed by atoms with E-state index in [-0.39, 0.29) is 16.6 Å². The standard InChI is InChI=1S/C12H10N2O5/c1-6(15)10-8-5-7(14(18)19)3-4-9(8)13(2)12(17)11(10)16/h3-5,16H,1-2H3. The van der Waals surface area contributed by atoms with Crippen molar-refractivity contribution in [1.29, 1.82) is 0 Å². The van der Waals surface area contributed by atoms with Crippen molar-refractivity contribution in [3.05, 3.63) is 44.2 Å². The molecular formula is C12H10N2O5. The Balaban J connectivity index is 3.04. The fraction of sp³-hybridized carbons (Fsp3) is 0.167. The Morgan fingerprint density at radius 1 is 1.42 bits per heavy atom. The molecule has 0 spiro atoms. The zero-order valence-corrected chi connectivity index (χ0v) is 10.2. The Hall–Kier alpha value is -2.70. The van der Waals surface area contributed by atoms with E-state index in [9.17, 15) is 24.8 Å². The summed E-state index contributed by atoms with van der Waals surface area (Å²) in [6.07, 6.45) is 0. The van der Waals surface area contributed by atoms with Crippen LogP contribution < -0.4 is 5.56 Å². The molecule has 0 saturated heterocycles. The number of hydrogen-bond acceptors (Lipinski definition) is 5. The number of benzene rings is 1. The van der Waals surface area contributed by atoms with E-state index in [1.807, 2.05) is 0 Å². The number of Topliss-reactive ketones (excluding diaryl/α,β-unsaturated/α-hetero) is 1. The Morgan fingerprint density at radius 3 is 2.58 bits per heavy atom. The monoisotopic (exact) mass is 262 g/mol. The molecule has 19 heavy (non-hydrogen) atoms. The van der Waals surface area contributed by atoms with Crippen LogP contribution in [0.1, 0.15) is 17.3 Å². The number of aromatic nitrogens is 1. The summed E-state index contributed by atoms with van der Waals surface area (Å²) in [7, 11) is 1.42. The van der Waals surface area contributed by atoms with Crippen LogP contribution in [-0.4, -0.2) is 20.4 Å². The Labute approximate surface area is 106 Å². The molecule has 0 unspecified atom stereocenters. The van der Waals surface area contributed by atoms with Crippen molar-refractivity contribution in [2.45, 2.75) is 6.92 Å². The number of nitro benzene ring substituents is 1. The smallest absolute Gasteiger partial charge is 0.293 e. The van der Waals surface area contributed by atoms with E-state index < -0.39 is 22.0 Å². The van der Waals surface area contributed by atoms with Crippen molar-refractivity contribution in [3.8, 4) is 5.75 Å². The molecule has 0 aliphatic rings. The first-order valence-electron chi connectivity index (χ1n) is 5.35. The molecule has 1 heterocycles. The Bertz CT molecular complexity index is 776. The van der Waals surface area contributed by atoms with Gasteiger partial charge in [-0.15, -0.1) is 0 Å². The third-order valence-corrected chi connectivity index (χ3v) is 2.92. The SMILES string of the molecule is CC(=O)c1c(O)c(=O)n(C)c2ccc([N+](=O)[O-])cc12. The van der Waals surface area contributed by atoms with Crippen LogP contribution in [0.3, 0.4) is 0 Å². The minimum absolute atomic E-state index is 0.182. The highest BCUT2D eigenvalue weighted by molar-refractivity contribution is 6.08. The average Bonchev–Trinajstić information content (AvgIpc) is 2.35. The molecule has 0 radical (unpaired) electrons. The number of rotatable bonds is 2. The second-order valence-electron chi connectivity index (χ2n) is 4.10. The summed E-state index contributed by atoms with van der Waals surface area (Å²) in [5, 5.41) is 20.7. The van der Waals surface area contributed by atoms with Crippen LogP contribution in [0.4, 0.5) is 5.69 Å². The quantitative estimate of drug-likeness (QED) is 0.500. The minimum Gasteiger partial charge on any atom is -0.502 e. The van der Waals surface area contributed by atoms with Gasteiger partial charge in [0.1, 0.15) is 0 Å². The van der Waals surface area contributed by atoms with Crippen LogP contribution in [0, 0.1) is 10.1 Å². The molecule has 0 amide bonds. The van der Waals surface area contributed by atoms with E-state index in [0.717, 1.165) is 4.57 Å². The topological polar surface area (TPSA) is 102 Å². The van der Waals surface area contributed by atoms with Crippen LogP contribution in [0.25, 0.3) is 10.9 Å². The third-order valence-electron chi connectivity index (χ3n) is 2.92. The molecule has 0 atom stereocenters. The lowest BCUT2D eigenvalue weighted by atomic mass is 10.0. The van der Waals surface area contributed by atoms with Crippen molar-refractivity contribution in [1.82, 2.24) is 4.57 Å². The molecule has 0 aliphatic heterocycles. The van der Waals surface area contributed by atoms with Crippen molar-refractivity contribution in [2.75, 3.05) is 0 Å². The number of hydrogen-bond donors (Lipinski definition) is 1. The summed E-state index contributed by atoms with van der Waals surface area (Å²) < 4.78 is 1.14. The lowest BCUT2D eigenvalue weighted by Gasteiger charge is -2.10. The second kappa shape index (κ2) is 4.20. The van der Waals surface area contributed by atoms with E-state index in [2.05, 4.69) is 0 Å². The number of ketones is 1. The summed E-state index contributed by atoms with van der Waals surface area (Å²) in [4.78, 5) is 33.4. The number of non-ortho nitro benzene ring substituents is 1. The first-order valence-corrected chi connectivity index (χ1v) is 5.35. The van der Waals surface area contributed by atoms with E-state index in [0.29, 0.717) is 5.52 Å². The maximum Gasteiger partial charge on any atom is 0.293 e. The number of fused-ring (bicyclic) bond motifs is 1. The number of aryl methyl sites for hydroxylation is 1. The van der Waals surface area contributed by atoms with Gasteiger partial charge in [-0.05, 0) is 13.0 Å². The van der Waals surface area contributed by atoms with Crippen LogP contribution >= 0.6 is 0 Å². The number of aromatic hydroxyl groups is 1. The summed E-state index contributed by atoms with van der Waals surface area (Å²) >= 11 is 0. The number of carbonyl (C=O) groups excluding carboxylic acids is 1. The maximum atomic E-state index is 11.8. The second-order valence-corrected chi connectivity index (χ2v) is 4.10. The molecule has 0 bridgehead atoms. The van der Waals surface area contributed by atoms with Gasteiger partial charge in [-0.2, -0.15) is 0 Å². The zero-order valence-electron chi connectivity index (χ0n) is 10.2. The summed E-state index contributed by atoms with van der Waals surface area (Å²) in [5.41, 5.74) is -0.778. The van der Waals surface area contributed by atoms with Gasteiger partial charge in [-0.25, -0.2) is 0 Å². The molecule has 0 saturated carbocycles. The number of pyridine rings is 1. The van der Waals surface area contributed by atoms with Crippen LogP contribution in [0.2, 0.25) is 0 Å². The fourth-order valence-electron chi connectivity index (χ4n) is 1.99. The molecule has 1 N–H and O–H groups in total. The van der Waals surface area contributed by atoms with Gasteiger partial charge in [0.2, 0.25) is 0 Å². The van der Waals surface area contributed by atoms with Crippen molar-refractivity contribution >= 4 is 22.4 Å². The van der Waals surface area contributed by atoms with Gasteiger partial charge in [0.25, 0.3) is 11.2 Å². The first-order chi connectivity index (χ1) is 8.84. The first kappa shape index (κ1) is 12.7. The van der Waals surface area contributed by atoms with E-state index in [1.54, 1.807) is 0 Å².